The Kier molecular flexibility index (Phi) is 6.00. The molecule has 1 saturated heterocycles. The Morgan fingerprint density at radius 1 is 0.935 bits per heavy atom. The normalized spacial score (nSPS) is 19.3. The Labute approximate surface area is 189 Å². The number of carbonyl (C=O) groups excluding carboxylic acids is 2. The molecule has 2 N–H and O–H groups in total. The highest BCUT2D eigenvalue weighted by Crippen LogP contribution is 2.26. The molecule has 1 aliphatic rings. The molecule has 6 heteroatoms. The summed E-state index contributed by atoms with van der Waals surface area (Å²) in [5.74, 6) is -0.526. The predicted molar refractivity (Wildman–Crippen MR) is 124 cm³/mol. The van der Waals surface area contributed by atoms with Crippen molar-refractivity contribution in [3.8, 4) is 0 Å². The highest BCUT2D eigenvalue weighted by Gasteiger charge is 2.47. The van der Waals surface area contributed by atoms with Crippen LogP contribution in [0.2, 0.25) is 0 Å². The van der Waals surface area contributed by atoms with Crippen LogP contribution >= 0.6 is 15.9 Å². The zero-order valence-electron chi connectivity index (χ0n) is 17.3. The zero-order valence-corrected chi connectivity index (χ0v) is 18.9. The fourth-order valence-corrected chi connectivity index (χ4v) is 3.85. The molecule has 0 radical (unpaired) electrons. The van der Waals surface area contributed by atoms with E-state index in [2.05, 4.69) is 26.7 Å². The van der Waals surface area contributed by atoms with Crippen molar-refractivity contribution in [2.45, 2.75) is 25.9 Å². The molecule has 0 aromatic heterocycles. The summed E-state index contributed by atoms with van der Waals surface area (Å²) in [5.41, 5.74) is 7.51. The summed E-state index contributed by atoms with van der Waals surface area (Å²) < 4.78 is 2.75. The number of benzene rings is 3. The monoisotopic (exact) mass is 476 g/mol. The standard InChI is InChI=1S/C25H22BrN3O2/c1-16-3-9-19(10-4-16)23-22(27-24(30)20-11-5-17(2)6-12-20)25(31)28-29(23)15-18-7-13-21(26)14-8-18/h3-15,22-23H,1-2H3,(H-,27,28,30,31)/p+1/b29-15-/t22-,23-/m0/s1. The number of hydrazine groups is 1. The van der Waals surface area contributed by atoms with E-state index in [0.29, 0.717) is 5.56 Å². The predicted octanol–water partition coefficient (Wildman–Crippen LogP) is 4.08. The van der Waals surface area contributed by atoms with Gasteiger partial charge in [0.2, 0.25) is 12.3 Å². The molecule has 1 fully saturated rings. The van der Waals surface area contributed by atoms with E-state index in [1.807, 2.05) is 80.7 Å². The molecule has 0 saturated carbocycles. The average Bonchev–Trinajstić information content (AvgIpc) is 3.05. The SMILES string of the molecule is Cc1ccc(C(=O)N[C@@H]2C(=O)N/[N+](=C\c3ccc(Br)cc3)[C@H]2c2ccc(C)cc2)cc1. The lowest BCUT2D eigenvalue weighted by Crippen LogP contribution is -2.42. The van der Waals surface area contributed by atoms with Gasteiger partial charge in [-0.25, -0.2) is 0 Å². The second kappa shape index (κ2) is 8.86. The van der Waals surface area contributed by atoms with Crippen LogP contribution < -0.4 is 10.7 Å². The van der Waals surface area contributed by atoms with Crippen molar-refractivity contribution in [2.24, 2.45) is 0 Å². The Morgan fingerprint density at radius 2 is 1.52 bits per heavy atom. The first-order valence-electron chi connectivity index (χ1n) is 10.0. The van der Waals surface area contributed by atoms with Crippen LogP contribution in [-0.4, -0.2) is 28.8 Å². The molecule has 5 nitrogen and oxygen atoms in total. The highest BCUT2D eigenvalue weighted by atomic mass is 79.9. The number of aryl methyl sites for hydroxylation is 2. The fourth-order valence-electron chi connectivity index (χ4n) is 3.58. The van der Waals surface area contributed by atoms with E-state index in [9.17, 15) is 9.59 Å². The zero-order chi connectivity index (χ0) is 22.0. The molecular formula is C25H23BrN3O2+. The lowest BCUT2D eigenvalue weighted by atomic mass is 9.98. The average molecular weight is 477 g/mol. The molecule has 0 bridgehead atoms. The third-order valence-electron chi connectivity index (χ3n) is 5.31. The second-order valence-corrected chi connectivity index (χ2v) is 8.65. The van der Waals surface area contributed by atoms with E-state index >= 15 is 0 Å². The minimum absolute atomic E-state index is 0.251. The van der Waals surface area contributed by atoms with Crippen LogP contribution in [0.5, 0.6) is 0 Å². The summed E-state index contributed by atoms with van der Waals surface area (Å²) in [6.07, 6.45) is 1.88. The van der Waals surface area contributed by atoms with Crippen LogP contribution in [0, 0.1) is 13.8 Å². The highest BCUT2D eigenvalue weighted by molar-refractivity contribution is 9.10. The maximum Gasteiger partial charge on any atom is 0.304 e. The van der Waals surface area contributed by atoms with Crippen LogP contribution in [0.1, 0.15) is 38.7 Å². The minimum atomic E-state index is -0.733. The van der Waals surface area contributed by atoms with Gasteiger partial charge in [0.25, 0.3) is 5.91 Å². The van der Waals surface area contributed by atoms with Crippen molar-refractivity contribution in [1.29, 1.82) is 0 Å². The van der Waals surface area contributed by atoms with Crippen molar-refractivity contribution < 1.29 is 14.3 Å². The summed E-state index contributed by atoms with van der Waals surface area (Å²) in [5, 5.41) is 2.93. The number of nitrogens with one attached hydrogen (secondary N) is 2. The van der Waals surface area contributed by atoms with Gasteiger partial charge in [-0.2, -0.15) is 0 Å². The Bertz CT molecular complexity index is 1140. The first-order valence-corrected chi connectivity index (χ1v) is 10.8. The Balaban J connectivity index is 1.69. The molecule has 31 heavy (non-hydrogen) atoms. The number of halogens is 1. The molecule has 0 aliphatic carbocycles. The third kappa shape index (κ3) is 4.75. The van der Waals surface area contributed by atoms with E-state index in [0.717, 1.165) is 26.7 Å². The number of nitrogens with zero attached hydrogens (tertiary/aromatic N) is 1. The van der Waals surface area contributed by atoms with Gasteiger partial charge in [-0.05, 0) is 50.2 Å². The van der Waals surface area contributed by atoms with Crippen molar-refractivity contribution in [3.63, 3.8) is 0 Å². The molecule has 4 rings (SSSR count). The van der Waals surface area contributed by atoms with Crippen molar-refractivity contribution in [3.05, 3.63) is 105 Å². The van der Waals surface area contributed by atoms with E-state index in [4.69, 9.17) is 0 Å². The van der Waals surface area contributed by atoms with Crippen LogP contribution in [0.15, 0.2) is 77.3 Å². The smallest absolute Gasteiger partial charge is 0.304 e. The molecule has 3 aromatic rings. The summed E-state index contributed by atoms with van der Waals surface area (Å²) in [6.45, 7) is 3.99. The van der Waals surface area contributed by atoms with Crippen molar-refractivity contribution >= 4 is 34.0 Å². The van der Waals surface area contributed by atoms with Gasteiger partial charge < -0.3 is 5.32 Å². The maximum atomic E-state index is 12.9. The van der Waals surface area contributed by atoms with Gasteiger partial charge in [0.1, 0.15) is 0 Å². The van der Waals surface area contributed by atoms with E-state index in [-0.39, 0.29) is 17.9 Å². The molecular weight excluding hydrogens is 454 g/mol. The fraction of sp³-hybridized carbons (Fsp3) is 0.160. The van der Waals surface area contributed by atoms with Gasteiger partial charge in [-0.15, -0.1) is 10.1 Å². The van der Waals surface area contributed by atoms with E-state index < -0.39 is 6.04 Å². The number of hydrogen-bond donors (Lipinski definition) is 2. The topological polar surface area (TPSA) is 61.2 Å². The van der Waals surface area contributed by atoms with Crippen LogP contribution in [-0.2, 0) is 4.79 Å². The van der Waals surface area contributed by atoms with Crippen molar-refractivity contribution in [2.75, 3.05) is 0 Å². The Morgan fingerprint density at radius 3 is 2.13 bits per heavy atom. The molecule has 2 atom stereocenters. The number of carbonyl (C=O) groups is 2. The largest absolute Gasteiger partial charge is 0.334 e. The third-order valence-corrected chi connectivity index (χ3v) is 5.84. The van der Waals surface area contributed by atoms with Gasteiger partial charge in [-0.1, -0.05) is 63.5 Å². The summed E-state index contributed by atoms with van der Waals surface area (Å²) in [7, 11) is 0. The summed E-state index contributed by atoms with van der Waals surface area (Å²) in [6, 6.07) is 22.0. The summed E-state index contributed by atoms with van der Waals surface area (Å²) in [4.78, 5) is 25.8. The van der Waals surface area contributed by atoms with Gasteiger partial charge in [0, 0.05) is 21.2 Å². The number of rotatable bonds is 4. The number of amides is 2. The van der Waals surface area contributed by atoms with Crippen LogP contribution in [0.25, 0.3) is 0 Å². The summed E-state index contributed by atoms with van der Waals surface area (Å²) >= 11 is 3.44. The lowest BCUT2D eigenvalue weighted by molar-refractivity contribution is -0.596. The molecule has 3 aromatic carbocycles. The van der Waals surface area contributed by atoms with Gasteiger partial charge in [0.15, 0.2) is 6.04 Å². The van der Waals surface area contributed by atoms with E-state index in [1.54, 1.807) is 16.8 Å². The number of hydrazone groups is 1. The first-order chi connectivity index (χ1) is 14.9. The minimum Gasteiger partial charge on any atom is -0.334 e. The molecule has 156 valence electrons. The number of hydrogen-bond acceptors (Lipinski definition) is 2. The maximum absolute atomic E-state index is 12.9. The Hall–Kier alpha value is -3.25. The van der Waals surface area contributed by atoms with Gasteiger partial charge >= 0.3 is 5.91 Å². The molecule has 2 amide bonds. The molecule has 0 unspecified atom stereocenters. The lowest BCUT2D eigenvalue weighted by Gasteiger charge is -2.15. The van der Waals surface area contributed by atoms with Crippen LogP contribution in [0.4, 0.5) is 0 Å². The molecule has 0 spiro atoms. The second-order valence-electron chi connectivity index (χ2n) is 7.74. The van der Waals surface area contributed by atoms with Gasteiger partial charge in [-0.3, -0.25) is 9.59 Å². The quantitative estimate of drug-likeness (QED) is 0.557. The molecule has 1 aliphatic heterocycles. The van der Waals surface area contributed by atoms with Crippen molar-refractivity contribution in [1.82, 2.24) is 10.7 Å². The van der Waals surface area contributed by atoms with E-state index in [1.165, 1.54) is 0 Å². The van der Waals surface area contributed by atoms with Gasteiger partial charge in [0.05, 0.1) is 0 Å². The molecule has 1 heterocycles. The van der Waals surface area contributed by atoms with Crippen LogP contribution in [0.3, 0.4) is 0 Å². The first kappa shape index (κ1) is 21.0.